The number of rotatable bonds is 1. The van der Waals surface area contributed by atoms with Gasteiger partial charge in [-0.1, -0.05) is 18.2 Å². The summed E-state index contributed by atoms with van der Waals surface area (Å²) >= 11 is 0. The van der Waals surface area contributed by atoms with E-state index in [0.29, 0.717) is 0 Å². The summed E-state index contributed by atoms with van der Waals surface area (Å²) in [5.41, 5.74) is 1.38. The van der Waals surface area contributed by atoms with Crippen LogP contribution in [0.15, 0.2) is 30.3 Å². The molecule has 3 rings (SSSR count). The molecular weight excluding hydrogens is 172 g/mol. The van der Waals surface area contributed by atoms with E-state index in [2.05, 4.69) is 40.5 Å². The molecule has 0 spiro atoms. The van der Waals surface area contributed by atoms with Crippen molar-refractivity contribution in [2.75, 3.05) is 24.5 Å². The second-order valence-electron chi connectivity index (χ2n) is 4.35. The zero-order valence-corrected chi connectivity index (χ0v) is 8.32. The molecule has 1 N–H and O–H groups in total. The van der Waals surface area contributed by atoms with Crippen molar-refractivity contribution >= 4 is 5.69 Å². The zero-order chi connectivity index (χ0) is 9.38. The highest BCUT2D eigenvalue weighted by Gasteiger charge is 2.35. The molecule has 0 bridgehead atoms. The van der Waals surface area contributed by atoms with Crippen molar-refractivity contribution in [2.45, 2.75) is 12.5 Å². The van der Waals surface area contributed by atoms with Gasteiger partial charge < -0.3 is 10.2 Å². The van der Waals surface area contributed by atoms with Gasteiger partial charge in [-0.2, -0.15) is 0 Å². The topological polar surface area (TPSA) is 15.3 Å². The molecule has 2 heterocycles. The summed E-state index contributed by atoms with van der Waals surface area (Å²) in [4.78, 5) is 2.50. The van der Waals surface area contributed by atoms with Crippen LogP contribution in [0.4, 0.5) is 5.69 Å². The summed E-state index contributed by atoms with van der Waals surface area (Å²) in [5.74, 6) is 0.884. The molecule has 1 aromatic rings. The van der Waals surface area contributed by atoms with E-state index in [1.165, 1.54) is 31.7 Å². The number of anilines is 1. The predicted molar refractivity (Wildman–Crippen MR) is 58.6 cm³/mol. The number of nitrogens with one attached hydrogen (secondary N) is 1. The molecule has 14 heavy (non-hydrogen) atoms. The van der Waals surface area contributed by atoms with Gasteiger partial charge >= 0.3 is 0 Å². The van der Waals surface area contributed by atoms with E-state index in [-0.39, 0.29) is 0 Å². The first kappa shape index (κ1) is 8.30. The molecular formula is C12H16N2. The Morgan fingerprint density at radius 3 is 2.79 bits per heavy atom. The summed E-state index contributed by atoms with van der Waals surface area (Å²) in [6, 6.07) is 11.5. The second kappa shape index (κ2) is 3.28. The lowest BCUT2D eigenvalue weighted by atomic mass is 10.1. The van der Waals surface area contributed by atoms with E-state index in [4.69, 9.17) is 0 Å². The van der Waals surface area contributed by atoms with Gasteiger partial charge in [-0.15, -0.1) is 0 Å². The van der Waals surface area contributed by atoms with Gasteiger partial charge in [0.2, 0.25) is 0 Å². The smallest absolute Gasteiger partial charge is 0.0366 e. The Labute approximate surface area is 84.9 Å². The van der Waals surface area contributed by atoms with Crippen molar-refractivity contribution < 1.29 is 0 Å². The number of hydrogen-bond acceptors (Lipinski definition) is 2. The SMILES string of the molecule is c1ccc(N2CC3CCNC3C2)cc1. The van der Waals surface area contributed by atoms with Gasteiger partial charge in [0.05, 0.1) is 0 Å². The first-order valence-corrected chi connectivity index (χ1v) is 5.47. The Morgan fingerprint density at radius 1 is 1.14 bits per heavy atom. The highest BCUT2D eigenvalue weighted by molar-refractivity contribution is 5.47. The number of para-hydroxylation sites is 1. The van der Waals surface area contributed by atoms with Crippen LogP contribution in [0.25, 0.3) is 0 Å². The Morgan fingerprint density at radius 2 is 2.00 bits per heavy atom. The van der Waals surface area contributed by atoms with Crippen LogP contribution in [0, 0.1) is 5.92 Å². The van der Waals surface area contributed by atoms with Gasteiger partial charge in [-0.05, 0) is 31.0 Å². The van der Waals surface area contributed by atoms with E-state index < -0.39 is 0 Å². The maximum atomic E-state index is 3.58. The van der Waals surface area contributed by atoms with Crippen LogP contribution >= 0.6 is 0 Å². The molecule has 2 atom stereocenters. The van der Waals surface area contributed by atoms with Crippen LogP contribution in [0.2, 0.25) is 0 Å². The van der Waals surface area contributed by atoms with Crippen molar-refractivity contribution in [1.29, 1.82) is 0 Å². The maximum Gasteiger partial charge on any atom is 0.0366 e. The Hall–Kier alpha value is -1.02. The number of hydrogen-bond donors (Lipinski definition) is 1. The summed E-state index contributed by atoms with van der Waals surface area (Å²) in [5, 5.41) is 3.58. The minimum Gasteiger partial charge on any atom is -0.370 e. The van der Waals surface area contributed by atoms with Crippen molar-refractivity contribution in [3.8, 4) is 0 Å². The van der Waals surface area contributed by atoms with Gasteiger partial charge in [0.15, 0.2) is 0 Å². The monoisotopic (exact) mass is 188 g/mol. The lowest BCUT2D eigenvalue weighted by molar-refractivity contribution is 0.556. The van der Waals surface area contributed by atoms with Crippen LogP contribution in [0.3, 0.4) is 0 Å². The van der Waals surface area contributed by atoms with Gasteiger partial charge in [0, 0.05) is 24.8 Å². The van der Waals surface area contributed by atoms with E-state index in [1.54, 1.807) is 0 Å². The molecule has 2 fully saturated rings. The van der Waals surface area contributed by atoms with E-state index in [1.807, 2.05) is 0 Å². The average molecular weight is 188 g/mol. The zero-order valence-electron chi connectivity index (χ0n) is 8.32. The number of benzene rings is 1. The van der Waals surface area contributed by atoms with Gasteiger partial charge in [-0.25, -0.2) is 0 Å². The first-order chi connectivity index (χ1) is 6.93. The molecule has 0 radical (unpaired) electrons. The normalized spacial score (nSPS) is 30.7. The Bertz CT molecular complexity index is 297. The first-order valence-electron chi connectivity index (χ1n) is 5.47. The largest absolute Gasteiger partial charge is 0.370 e. The van der Waals surface area contributed by atoms with Gasteiger partial charge in [0.1, 0.15) is 0 Å². The molecule has 0 saturated carbocycles. The summed E-state index contributed by atoms with van der Waals surface area (Å²) in [7, 11) is 0. The predicted octanol–water partition coefficient (Wildman–Crippen LogP) is 1.48. The highest BCUT2D eigenvalue weighted by Crippen LogP contribution is 2.28. The Kier molecular flexibility index (Phi) is 1.95. The molecule has 0 aliphatic carbocycles. The fourth-order valence-electron chi connectivity index (χ4n) is 2.70. The lowest BCUT2D eigenvalue weighted by Crippen LogP contribution is -2.29. The summed E-state index contributed by atoms with van der Waals surface area (Å²) < 4.78 is 0. The number of nitrogens with zero attached hydrogens (tertiary/aromatic N) is 1. The molecule has 2 nitrogen and oxygen atoms in total. The fourth-order valence-corrected chi connectivity index (χ4v) is 2.70. The molecule has 74 valence electrons. The van der Waals surface area contributed by atoms with Gasteiger partial charge in [-0.3, -0.25) is 0 Å². The quantitative estimate of drug-likeness (QED) is 0.718. The molecule has 2 saturated heterocycles. The van der Waals surface area contributed by atoms with Gasteiger partial charge in [0.25, 0.3) is 0 Å². The average Bonchev–Trinajstić information content (AvgIpc) is 2.78. The minimum atomic E-state index is 0.746. The minimum absolute atomic E-state index is 0.746. The molecule has 2 heteroatoms. The van der Waals surface area contributed by atoms with Crippen molar-refractivity contribution in [3.63, 3.8) is 0 Å². The van der Waals surface area contributed by atoms with Crippen molar-refractivity contribution in [3.05, 3.63) is 30.3 Å². The fraction of sp³-hybridized carbons (Fsp3) is 0.500. The molecule has 1 aromatic carbocycles. The van der Waals surface area contributed by atoms with Crippen molar-refractivity contribution in [1.82, 2.24) is 5.32 Å². The molecule has 0 aromatic heterocycles. The van der Waals surface area contributed by atoms with Crippen molar-refractivity contribution in [2.24, 2.45) is 5.92 Å². The standard InChI is InChI=1S/C12H16N2/c1-2-4-11(5-3-1)14-8-10-6-7-13-12(10)9-14/h1-5,10,12-13H,6-9H2. The van der Waals surface area contributed by atoms with Crippen LogP contribution < -0.4 is 10.2 Å². The second-order valence-corrected chi connectivity index (χ2v) is 4.35. The lowest BCUT2D eigenvalue weighted by Gasteiger charge is -2.19. The maximum absolute atomic E-state index is 3.58. The van der Waals surface area contributed by atoms with E-state index in [0.717, 1.165) is 12.0 Å². The van der Waals surface area contributed by atoms with Crippen LogP contribution in [-0.2, 0) is 0 Å². The number of fused-ring (bicyclic) bond motifs is 1. The third kappa shape index (κ3) is 1.30. The molecule has 2 unspecified atom stereocenters. The summed E-state index contributed by atoms with van der Waals surface area (Å²) in [6.45, 7) is 3.65. The van der Waals surface area contributed by atoms with E-state index in [9.17, 15) is 0 Å². The Balaban J connectivity index is 1.77. The molecule has 0 amide bonds. The highest BCUT2D eigenvalue weighted by atomic mass is 15.2. The van der Waals surface area contributed by atoms with Crippen LogP contribution in [0.1, 0.15) is 6.42 Å². The third-order valence-electron chi connectivity index (χ3n) is 3.48. The van der Waals surface area contributed by atoms with Crippen LogP contribution in [-0.4, -0.2) is 25.7 Å². The molecule has 2 aliphatic rings. The third-order valence-corrected chi connectivity index (χ3v) is 3.48. The summed E-state index contributed by atoms with van der Waals surface area (Å²) in [6.07, 6.45) is 1.36. The molecule has 2 aliphatic heterocycles. The van der Waals surface area contributed by atoms with Crippen LogP contribution in [0.5, 0.6) is 0 Å². The van der Waals surface area contributed by atoms with E-state index >= 15 is 0 Å².